The van der Waals surface area contributed by atoms with E-state index >= 15 is 4.39 Å². The molecule has 0 saturated carbocycles. The third-order valence-electron chi connectivity index (χ3n) is 7.53. The number of methoxy groups -OCH3 is 1. The van der Waals surface area contributed by atoms with Crippen molar-refractivity contribution in [1.29, 1.82) is 0 Å². The second-order valence-corrected chi connectivity index (χ2v) is 12.8. The molecule has 1 saturated heterocycles. The summed E-state index contributed by atoms with van der Waals surface area (Å²) in [5, 5.41) is 2.75. The number of hydrogen-bond donors (Lipinski definition) is 2. The standard InChI is InChI=1S/C37H36FN3O9S/c1-47-37(44)35-30(15-10-16-31(35)49-24-26-11-4-2-5-12-26)48-20-9-8-19-39-33(42)18-17-28-21-29(38)36(41-23-34(43)40-51(41,45)46)32(22-28)50-25-27-13-6-3-7-14-27/h2-7,10-18,21-22H,8-9,19-20,23-25H2,1H3,(H,39,42)(H,40,43)/b18-17+. The molecule has 4 aromatic carbocycles. The highest BCUT2D eigenvalue weighted by Crippen LogP contribution is 2.36. The normalized spacial score (nSPS) is 13.5. The Labute approximate surface area is 295 Å². The van der Waals surface area contributed by atoms with Crippen LogP contribution in [-0.4, -0.2) is 53.0 Å². The summed E-state index contributed by atoms with van der Waals surface area (Å²) in [5.74, 6) is -2.27. The van der Waals surface area contributed by atoms with Crippen molar-refractivity contribution in [1.82, 2.24) is 10.0 Å². The summed E-state index contributed by atoms with van der Waals surface area (Å²) >= 11 is 0. The predicted octanol–water partition coefficient (Wildman–Crippen LogP) is 4.94. The average Bonchev–Trinajstić information content (AvgIpc) is 3.41. The molecule has 2 amide bonds. The molecule has 4 aromatic rings. The third-order valence-corrected chi connectivity index (χ3v) is 8.90. The van der Waals surface area contributed by atoms with Gasteiger partial charge in [0, 0.05) is 12.6 Å². The largest absolute Gasteiger partial charge is 0.493 e. The maximum atomic E-state index is 15.4. The number of carbonyl (C=O) groups excluding carboxylic acids is 3. The number of unbranched alkanes of at least 4 members (excludes halogenated alkanes) is 1. The highest BCUT2D eigenvalue weighted by Gasteiger charge is 2.37. The van der Waals surface area contributed by atoms with Crippen LogP contribution in [0, 0.1) is 5.82 Å². The van der Waals surface area contributed by atoms with Crippen molar-refractivity contribution in [3.8, 4) is 17.2 Å². The van der Waals surface area contributed by atoms with Gasteiger partial charge in [0.1, 0.15) is 48.3 Å². The van der Waals surface area contributed by atoms with Crippen LogP contribution < -0.4 is 28.6 Å². The van der Waals surface area contributed by atoms with Gasteiger partial charge in [0.2, 0.25) is 5.91 Å². The van der Waals surface area contributed by atoms with Crippen LogP contribution in [0.1, 0.15) is 39.9 Å². The van der Waals surface area contributed by atoms with Gasteiger partial charge in [0.15, 0.2) is 5.82 Å². The Morgan fingerprint density at radius 2 is 1.49 bits per heavy atom. The van der Waals surface area contributed by atoms with E-state index in [4.69, 9.17) is 18.9 Å². The zero-order valence-corrected chi connectivity index (χ0v) is 28.5. The first-order chi connectivity index (χ1) is 24.6. The van der Waals surface area contributed by atoms with Gasteiger partial charge in [-0.1, -0.05) is 66.7 Å². The molecule has 0 aromatic heterocycles. The minimum atomic E-state index is -4.31. The number of amides is 2. The molecule has 2 N–H and O–H groups in total. The molecule has 0 atom stereocenters. The third kappa shape index (κ3) is 9.85. The Morgan fingerprint density at radius 3 is 2.10 bits per heavy atom. The number of benzene rings is 4. The Morgan fingerprint density at radius 1 is 0.863 bits per heavy atom. The van der Waals surface area contributed by atoms with Crippen LogP contribution in [0.25, 0.3) is 6.08 Å². The summed E-state index contributed by atoms with van der Waals surface area (Å²) in [6.45, 7) is 0.212. The van der Waals surface area contributed by atoms with Crippen LogP contribution in [0.4, 0.5) is 10.1 Å². The first kappa shape index (κ1) is 36.4. The summed E-state index contributed by atoms with van der Waals surface area (Å²) in [4.78, 5) is 37.0. The number of anilines is 1. The van der Waals surface area contributed by atoms with Crippen molar-refractivity contribution in [2.75, 3.05) is 31.1 Å². The predicted molar refractivity (Wildman–Crippen MR) is 187 cm³/mol. The van der Waals surface area contributed by atoms with Gasteiger partial charge in [-0.2, -0.15) is 8.42 Å². The summed E-state index contributed by atoms with van der Waals surface area (Å²) in [5.41, 5.74) is 1.68. The van der Waals surface area contributed by atoms with E-state index in [1.807, 2.05) is 41.1 Å². The molecule has 266 valence electrons. The monoisotopic (exact) mass is 717 g/mol. The fraction of sp³-hybridized carbons (Fsp3) is 0.216. The zero-order chi connectivity index (χ0) is 36.2. The first-order valence-electron chi connectivity index (χ1n) is 15.9. The molecule has 1 aliphatic heterocycles. The average molecular weight is 718 g/mol. The van der Waals surface area contributed by atoms with E-state index in [-0.39, 0.29) is 36.7 Å². The lowest BCUT2D eigenvalue weighted by Gasteiger charge is -2.20. The van der Waals surface area contributed by atoms with E-state index in [0.29, 0.717) is 35.2 Å². The maximum absolute atomic E-state index is 15.4. The fourth-order valence-corrected chi connectivity index (χ4v) is 6.23. The molecule has 51 heavy (non-hydrogen) atoms. The number of nitrogens with one attached hydrogen (secondary N) is 2. The van der Waals surface area contributed by atoms with Crippen molar-refractivity contribution in [3.63, 3.8) is 0 Å². The molecule has 5 rings (SSSR count). The molecule has 1 fully saturated rings. The van der Waals surface area contributed by atoms with Crippen molar-refractivity contribution < 1.29 is 46.1 Å². The van der Waals surface area contributed by atoms with Crippen molar-refractivity contribution in [2.45, 2.75) is 26.1 Å². The molecule has 14 heteroatoms. The Balaban J connectivity index is 1.15. The van der Waals surface area contributed by atoms with E-state index in [1.165, 1.54) is 25.3 Å². The highest BCUT2D eigenvalue weighted by molar-refractivity contribution is 7.92. The number of carbonyl (C=O) groups is 3. The Bertz CT molecular complexity index is 1990. The van der Waals surface area contributed by atoms with Crippen LogP contribution >= 0.6 is 0 Å². The fourth-order valence-electron chi connectivity index (χ4n) is 5.06. The highest BCUT2D eigenvalue weighted by atomic mass is 32.2. The summed E-state index contributed by atoms with van der Waals surface area (Å²) in [6, 6.07) is 26.0. The number of nitrogens with zero attached hydrogens (tertiary/aromatic N) is 1. The van der Waals surface area contributed by atoms with Crippen LogP contribution in [0.15, 0.2) is 97.1 Å². The van der Waals surface area contributed by atoms with Crippen molar-refractivity contribution >= 4 is 39.8 Å². The van der Waals surface area contributed by atoms with Gasteiger partial charge in [-0.15, -0.1) is 0 Å². The second kappa shape index (κ2) is 17.2. The van der Waals surface area contributed by atoms with Crippen LogP contribution in [0.2, 0.25) is 0 Å². The summed E-state index contributed by atoms with van der Waals surface area (Å²) in [7, 11) is -3.03. The minimum absolute atomic E-state index is 0.00260. The van der Waals surface area contributed by atoms with Crippen LogP contribution in [0.5, 0.6) is 17.2 Å². The number of ether oxygens (including phenoxy) is 4. The number of halogens is 1. The lowest BCUT2D eigenvalue weighted by Crippen LogP contribution is -2.30. The van der Waals surface area contributed by atoms with Gasteiger partial charge in [0.05, 0.1) is 13.7 Å². The van der Waals surface area contributed by atoms with Gasteiger partial charge in [0.25, 0.3) is 5.91 Å². The van der Waals surface area contributed by atoms with Gasteiger partial charge in [-0.3, -0.25) is 9.59 Å². The first-order valence-corrected chi connectivity index (χ1v) is 17.4. The van der Waals surface area contributed by atoms with E-state index in [0.717, 1.165) is 17.2 Å². The van der Waals surface area contributed by atoms with E-state index in [1.54, 1.807) is 42.5 Å². The van der Waals surface area contributed by atoms with Gasteiger partial charge in [-0.25, -0.2) is 18.2 Å². The smallest absolute Gasteiger partial charge is 0.345 e. The lowest BCUT2D eigenvalue weighted by molar-refractivity contribution is -0.117. The van der Waals surface area contributed by atoms with Gasteiger partial charge < -0.3 is 24.3 Å². The molecular weight excluding hydrogens is 681 g/mol. The molecule has 12 nitrogen and oxygen atoms in total. The number of esters is 1. The molecule has 1 heterocycles. The number of rotatable bonds is 16. The molecule has 0 unspecified atom stereocenters. The van der Waals surface area contributed by atoms with Crippen molar-refractivity contribution in [3.05, 3.63) is 125 Å². The molecule has 0 bridgehead atoms. The zero-order valence-electron chi connectivity index (χ0n) is 27.7. The van der Waals surface area contributed by atoms with E-state index in [9.17, 15) is 22.8 Å². The number of hydrogen-bond acceptors (Lipinski definition) is 9. The molecular formula is C37H36FN3O9S. The SMILES string of the molecule is COC(=O)c1c(OCCCCNC(=O)/C=C/c2cc(F)c(N3CC(=O)NS3(=O)=O)c(OCc3ccccc3)c2)cccc1OCc1ccccc1. The van der Waals surface area contributed by atoms with E-state index < -0.39 is 46.0 Å². The van der Waals surface area contributed by atoms with Gasteiger partial charge >= 0.3 is 16.2 Å². The Hall–Kier alpha value is -5.89. The summed E-state index contributed by atoms with van der Waals surface area (Å²) < 4.78 is 65.4. The lowest BCUT2D eigenvalue weighted by atomic mass is 10.1. The van der Waals surface area contributed by atoms with Crippen molar-refractivity contribution in [2.24, 2.45) is 0 Å². The van der Waals surface area contributed by atoms with Crippen LogP contribution in [-0.2, 0) is 37.7 Å². The van der Waals surface area contributed by atoms with E-state index in [2.05, 4.69) is 5.32 Å². The quantitative estimate of drug-likeness (QED) is 0.0934. The minimum Gasteiger partial charge on any atom is -0.493 e. The molecule has 0 radical (unpaired) electrons. The maximum Gasteiger partial charge on any atom is 0.345 e. The molecule has 1 aliphatic rings. The topological polar surface area (TPSA) is 150 Å². The van der Waals surface area contributed by atoms with Gasteiger partial charge in [-0.05, 0) is 59.9 Å². The molecule has 0 spiro atoms. The Kier molecular flexibility index (Phi) is 12.2. The molecule has 0 aliphatic carbocycles. The summed E-state index contributed by atoms with van der Waals surface area (Å²) in [6.07, 6.45) is 3.68. The van der Waals surface area contributed by atoms with Crippen LogP contribution in [0.3, 0.4) is 0 Å². The second-order valence-electron chi connectivity index (χ2n) is 11.2.